The molecule has 0 aliphatic carbocycles. The fourth-order valence-electron chi connectivity index (χ4n) is 0.737. The van der Waals surface area contributed by atoms with E-state index in [2.05, 4.69) is 0 Å². The second-order valence-electron chi connectivity index (χ2n) is 2.74. The van der Waals surface area contributed by atoms with Gasteiger partial charge in [0.15, 0.2) is 0 Å². The van der Waals surface area contributed by atoms with Gasteiger partial charge in [-0.15, -0.1) is 0 Å². The number of rotatable bonds is 1. The van der Waals surface area contributed by atoms with Crippen molar-refractivity contribution in [3.8, 4) is 0 Å². The molecule has 1 rings (SSSR count). The Morgan fingerprint density at radius 2 is 2.12 bits per heavy atom. The number of nitrogens with zero attached hydrogens (tertiary/aromatic N) is 1. The first-order chi connectivity index (χ1) is 7.20. The van der Waals surface area contributed by atoms with E-state index in [0.29, 0.717) is 13.2 Å². The predicted octanol–water partition coefficient (Wildman–Crippen LogP) is -0.259. The zero-order valence-electron chi connectivity index (χ0n) is 8.32. The molecule has 0 saturated carbocycles. The van der Waals surface area contributed by atoms with E-state index in [0.717, 1.165) is 0 Å². The van der Waals surface area contributed by atoms with Crippen LogP contribution in [0.15, 0.2) is 0 Å². The van der Waals surface area contributed by atoms with Crippen molar-refractivity contribution >= 4 is 11.9 Å². The molecular weight excluding hydrogens is 233 g/mol. The maximum atomic E-state index is 10.8. The molecule has 1 aliphatic rings. The third-order valence-electron chi connectivity index (χ3n) is 1.50. The number of carbonyl (C=O) groups excluding carboxylic acids is 1. The van der Waals surface area contributed by atoms with Crippen molar-refractivity contribution in [1.82, 2.24) is 5.06 Å². The molecule has 0 spiro atoms. The van der Waals surface area contributed by atoms with Crippen LogP contribution in [0.2, 0.25) is 0 Å². The number of hydrogen-bond donors (Lipinski definition) is 2. The second-order valence-corrected chi connectivity index (χ2v) is 2.74. The number of hydroxylamine groups is 2. The van der Waals surface area contributed by atoms with Crippen molar-refractivity contribution in [1.29, 1.82) is 0 Å². The van der Waals surface area contributed by atoms with Gasteiger partial charge in [0.25, 0.3) is 5.91 Å². The minimum atomic E-state index is -5.08. The zero-order valence-corrected chi connectivity index (χ0v) is 8.32. The number of alkyl halides is 3. The van der Waals surface area contributed by atoms with Crippen LogP contribution < -0.4 is 5.73 Å². The fraction of sp³-hybridized carbons (Fsp3) is 0.714. The standard InChI is InChI=1S/C5H10N2O2.C2HF3O2/c1-2-7-5(8)4(6)3-9-7;3-2(4,5)1(6)7/h4H,2-3,6H2,1H3;(H,6,7). The van der Waals surface area contributed by atoms with Crippen LogP contribution in [0, 0.1) is 0 Å². The minimum Gasteiger partial charge on any atom is -0.475 e. The maximum Gasteiger partial charge on any atom is 0.490 e. The lowest BCUT2D eigenvalue weighted by Crippen LogP contribution is -2.34. The van der Waals surface area contributed by atoms with E-state index in [1.165, 1.54) is 5.06 Å². The molecule has 3 N–H and O–H groups in total. The summed E-state index contributed by atoms with van der Waals surface area (Å²) in [5.41, 5.74) is 5.33. The number of halogens is 3. The van der Waals surface area contributed by atoms with Gasteiger partial charge >= 0.3 is 12.1 Å². The van der Waals surface area contributed by atoms with Gasteiger partial charge in [-0.25, -0.2) is 9.86 Å². The van der Waals surface area contributed by atoms with Crippen LogP contribution in [0.5, 0.6) is 0 Å². The van der Waals surface area contributed by atoms with E-state index in [4.69, 9.17) is 20.5 Å². The number of amides is 1. The summed E-state index contributed by atoms with van der Waals surface area (Å²) >= 11 is 0. The number of nitrogens with two attached hydrogens (primary N) is 1. The maximum absolute atomic E-state index is 10.8. The van der Waals surface area contributed by atoms with Crippen molar-refractivity contribution in [3.05, 3.63) is 0 Å². The van der Waals surface area contributed by atoms with Gasteiger partial charge in [-0.3, -0.25) is 9.63 Å². The van der Waals surface area contributed by atoms with Crippen LogP contribution in [0.4, 0.5) is 13.2 Å². The van der Waals surface area contributed by atoms with Gasteiger partial charge in [0.1, 0.15) is 6.04 Å². The Morgan fingerprint density at radius 3 is 2.25 bits per heavy atom. The Labute approximate surface area is 88.7 Å². The van der Waals surface area contributed by atoms with Gasteiger partial charge < -0.3 is 10.8 Å². The number of carboxylic acids is 1. The molecule has 1 atom stereocenters. The van der Waals surface area contributed by atoms with Gasteiger partial charge in [0, 0.05) is 6.54 Å². The third kappa shape index (κ3) is 4.45. The van der Waals surface area contributed by atoms with E-state index < -0.39 is 18.2 Å². The van der Waals surface area contributed by atoms with Gasteiger partial charge in [-0.2, -0.15) is 13.2 Å². The fourth-order valence-corrected chi connectivity index (χ4v) is 0.737. The van der Waals surface area contributed by atoms with Crippen molar-refractivity contribution in [2.24, 2.45) is 5.73 Å². The highest BCUT2D eigenvalue weighted by atomic mass is 19.4. The predicted molar refractivity (Wildman–Crippen MR) is 45.0 cm³/mol. The Hall–Kier alpha value is -1.35. The summed E-state index contributed by atoms with van der Waals surface area (Å²) < 4.78 is 31.7. The van der Waals surface area contributed by atoms with Gasteiger partial charge in [0.2, 0.25) is 0 Å². The Balaban J connectivity index is 0.000000293. The summed E-state index contributed by atoms with van der Waals surface area (Å²) in [6.07, 6.45) is -5.08. The van der Waals surface area contributed by atoms with Crippen LogP contribution >= 0.6 is 0 Å². The highest BCUT2D eigenvalue weighted by molar-refractivity contribution is 5.82. The zero-order chi connectivity index (χ0) is 12.9. The Kier molecular flexibility index (Phi) is 5.18. The van der Waals surface area contributed by atoms with Crippen molar-refractivity contribution in [3.63, 3.8) is 0 Å². The molecule has 94 valence electrons. The first kappa shape index (κ1) is 14.6. The summed E-state index contributed by atoms with van der Waals surface area (Å²) in [7, 11) is 0. The lowest BCUT2D eigenvalue weighted by atomic mass is 10.3. The summed E-state index contributed by atoms with van der Waals surface area (Å²) in [4.78, 5) is 24.6. The molecule has 16 heavy (non-hydrogen) atoms. The monoisotopic (exact) mass is 244 g/mol. The lowest BCUT2D eigenvalue weighted by Gasteiger charge is -2.08. The summed E-state index contributed by atoms with van der Waals surface area (Å²) in [5, 5.41) is 8.41. The van der Waals surface area contributed by atoms with E-state index in [9.17, 15) is 18.0 Å². The van der Waals surface area contributed by atoms with Crippen molar-refractivity contribution in [2.75, 3.05) is 13.2 Å². The molecule has 1 unspecified atom stereocenters. The quantitative estimate of drug-likeness (QED) is 0.663. The van der Waals surface area contributed by atoms with Crippen LogP contribution in [-0.4, -0.2) is 47.4 Å². The van der Waals surface area contributed by atoms with Crippen LogP contribution in [0.1, 0.15) is 6.92 Å². The number of carbonyl (C=O) groups is 2. The van der Waals surface area contributed by atoms with E-state index in [1.54, 1.807) is 0 Å². The molecule has 0 aromatic heterocycles. The number of carboxylic acid groups (broad SMARTS) is 1. The second kappa shape index (κ2) is 5.66. The molecule has 6 nitrogen and oxygen atoms in total. The third-order valence-corrected chi connectivity index (χ3v) is 1.50. The molecule has 1 fully saturated rings. The molecule has 0 aromatic rings. The number of aliphatic carboxylic acids is 1. The highest BCUT2D eigenvalue weighted by Gasteiger charge is 2.38. The molecule has 1 amide bonds. The molecule has 1 saturated heterocycles. The van der Waals surface area contributed by atoms with E-state index in [1.807, 2.05) is 6.92 Å². The molecule has 9 heteroatoms. The molecule has 0 radical (unpaired) electrons. The average Bonchev–Trinajstić information content (AvgIpc) is 2.47. The first-order valence-electron chi connectivity index (χ1n) is 4.20. The Morgan fingerprint density at radius 1 is 1.69 bits per heavy atom. The molecular formula is C7H11F3N2O4. The normalized spacial score (nSPS) is 20.4. The van der Waals surface area contributed by atoms with Crippen LogP contribution in [-0.2, 0) is 14.4 Å². The van der Waals surface area contributed by atoms with Gasteiger partial charge in [-0.05, 0) is 6.92 Å². The van der Waals surface area contributed by atoms with Crippen LogP contribution in [0.25, 0.3) is 0 Å². The SMILES string of the molecule is CCN1OCC(N)C1=O.O=C(O)C(F)(F)F. The van der Waals surface area contributed by atoms with E-state index in [-0.39, 0.29) is 5.91 Å². The minimum absolute atomic E-state index is 0.113. The molecule has 0 bridgehead atoms. The largest absolute Gasteiger partial charge is 0.490 e. The number of likely N-dealkylation sites (N-methyl/N-ethyl adjacent to an activating group) is 1. The summed E-state index contributed by atoms with van der Waals surface area (Å²) in [6, 6.07) is -0.440. The Bertz CT molecular complexity index is 269. The highest BCUT2D eigenvalue weighted by Crippen LogP contribution is 2.13. The molecule has 0 aromatic carbocycles. The smallest absolute Gasteiger partial charge is 0.475 e. The van der Waals surface area contributed by atoms with Crippen molar-refractivity contribution in [2.45, 2.75) is 19.1 Å². The topological polar surface area (TPSA) is 92.9 Å². The molecule has 1 aliphatic heterocycles. The summed E-state index contributed by atoms with van der Waals surface area (Å²) in [6.45, 7) is 2.75. The average molecular weight is 244 g/mol. The molecule has 1 heterocycles. The number of hydrogen-bond acceptors (Lipinski definition) is 4. The summed E-state index contributed by atoms with van der Waals surface area (Å²) in [5.74, 6) is -2.87. The van der Waals surface area contributed by atoms with Crippen LogP contribution in [0.3, 0.4) is 0 Å². The van der Waals surface area contributed by atoms with Gasteiger partial charge in [-0.1, -0.05) is 0 Å². The lowest BCUT2D eigenvalue weighted by molar-refractivity contribution is -0.192. The first-order valence-corrected chi connectivity index (χ1v) is 4.20. The van der Waals surface area contributed by atoms with Crippen molar-refractivity contribution < 1.29 is 32.7 Å². The van der Waals surface area contributed by atoms with E-state index >= 15 is 0 Å². The van der Waals surface area contributed by atoms with Gasteiger partial charge in [0.05, 0.1) is 6.61 Å².